The Balaban J connectivity index is 1.99. The number of aromatic nitrogens is 4. The number of methoxy groups -OCH3 is 1. The highest BCUT2D eigenvalue weighted by molar-refractivity contribution is 5.49. The summed E-state index contributed by atoms with van der Waals surface area (Å²) in [6.07, 6.45) is 0. The van der Waals surface area contributed by atoms with Gasteiger partial charge in [-0.05, 0) is 47.2 Å². The van der Waals surface area contributed by atoms with E-state index >= 15 is 0 Å². The average Bonchev–Trinajstić information content (AvgIpc) is 2.93. The topological polar surface area (TPSA) is 71.2 Å². The van der Waals surface area contributed by atoms with E-state index in [1.54, 1.807) is 37.3 Å². The average molecular weight is 344 g/mol. The van der Waals surface area contributed by atoms with Gasteiger partial charge in [0.05, 0.1) is 18.4 Å². The van der Waals surface area contributed by atoms with Crippen molar-refractivity contribution in [1.29, 1.82) is 0 Å². The van der Waals surface area contributed by atoms with Crippen LogP contribution < -0.4 is 15.2 Å². The molecule has 3 aromatic rings. The molecule has 0 saturated heterocycles. The lowest BCUT2D eigenvalue weighted by Crippen LogP contribution is -2.23. The molecule has 3 rings (SSSR count). The molecule has 7 nitrogen and oxygen atoms in total. The minimum atomic E-state index is -0.451. The standard InChI is InChI=1S/C17H17FN4O3/c1-11-7-8-16(13(18)9-11)25-10-12-14(5-4-6-15(12)24-3)22-17(23)21(2)19-20-22/h4-9H,10H2,1-3H3. The third kappa shape index (κ3) is 3.23. The molecule has 0 N–H and O–H groups in total. The molecule has 0 bridgehead atoms. The SMILES string of the molecule is COc1cccc(-n2nnn(C)c2=O)c1COc1ccc(C)cc1F. The number of ether oxygens (including phenoxy) is 2. The fraction of sp³-hybridized carbons (Fsp3) is 0.235. The van der Waals surface area contributed by atoms with Crippen LogP contribution in [-0.4, -0.2) is 26.9 Å². The summed E-state index contributed by atoms with van der Waals surface area (Å²) >= 11 is 0. The Kier molecular flexibility index (Phi) is 4.51. The Labute approximate surface area is 143 Å². The molecule has 0 unspecified atom stereocenters. The zero-order valence-corrected chi connectivity index (χ0v) is 14.1. The Hall–Kier alpha value is -3.16. The van der Waals surface area contributed by atoms with E-state index < -0.39 is 11.5 Å². The van der Waals surface area contributed by atoms with Crippen LogP contribution in [0.5, 0.6) is 11.5 Å². The highest BCUT2D eigenvalue weighted by Gasteiger charge is 2.16. The first-order valence-corrected chi connectivity index (χ1v) is 7.55. The molecule has 1 heterocycles. The summed E-state index contributed by atoms with van der Waals surface area (Å²) in [6, 6.07) is 9.87. The smallest absolute Gasteiger partial charge is 0.368 e. The molecule has 0 aliphatic heterocycles. The second-order valence-corrected chi connectivity index (χ2v) is 5.48. The first-order valence-electron chi connectivity index (χ1n) is 7.55. The van der Waals surface area contributed by atoms with E-state index in [9.17, 15) is 9.18 Å². The fourth-order valence-electron chi connectivity index (χ4n) is 2.43. The van der Waals surface area contributed by atoms with Gasteiger partial charge in [0, 0.05) is 7.05 Å². The molecule has 1 aromatic heterocycles. The van der Waals surface area contributed by atoms with E-state index in [0.29, 0.717) is 17.0 Å². The molecule has 0 aliphatic rings. The number of hydrogen-bond donors (Lipinski definition) is 0. The molecule has 0 aliphatic carbocycles. The maximum atomic E-state index is 14.0. The van der Waals surface area contributed by atoms with Crippen LogP contribution in [0.2, 0.25) is 0 Å². The Morgan fingerprint density at radius 2 is 1.96 bits per heavy atom. The van der Waals surface area contributed by atoms with Gasteiger partial charge in [-0.1, -0.05) is 12.1 Å². The van der Waals surface area contributed by atoms with E-state index in [1.807, 2.05) is 0 Å². The van der Waals surface area contributed by atoms with Gasteiger partial charge in [-0.3, -0.25) is 0 Å². The van der Waals surface area contributed by atoms with Gasteiger partial charge >= 0.3 is 5.69 Å². The molecular weight excluding hydrogens is 327 g/mol. The lowest BCUT2D eigenvalue weighted by Gasteiger charge is -2.14. The molecule has 25 heavy (non-hydrogen) atoms. The van der Waals surface area contributed by atoms with Crippen molar-refractivity contribution in [2.45, 2.75) is 13.5 Å². The van der Waals surface area contributed by atoms with E-state index in [4.69, 9.17) is 9.47 Å². The zero-order chi connectivity index (χ0) is 18.0. The van der Waals surface area contributed by atoms with Crippen LogP contribution in [0.25, 0.3) is 5.69 Å². The third-order valence-electron chi connectivity index (χ3n) is 3.74. The summed E-state index contributed by atoms with van der Waals surface area (Å²) in [7, 11) is 3.01. The summed E-state index contributed by atoms with van der Waals surface area (Å²) in [5.41, 5.74) is 1.42. The van der Waals surface area contributed by atoms with Crippen molar-refractivity contribution in [2.75, 3.05) is 7.11 Å². The van der Waals surface area contributed by atoms with E-state index in [1.165, 1.54) is 20.2 Å². The van der Waals surface area contributed by atoms with Crippen LogP contribution >= 0.6 is 0 Å². The number of aryl methyl sites for hydroxylation is 2. The van der Waals surface area contributed by atoms with Crippen LogP contribution in [-0.2, 0) is 13.7 Å². The molecule has 0 radical (unpaired) electrons. The first kappa shape index (κ1) is 16.7. The predicted octanol–water partition coefficient (Wildman–Crippen LogP) is 2.00. The summed E-state index contributed by atoms with van der Waals surface area (Å²) in [4.78, 5) is 12.1. The van der Waals surface area contributed by atoms with Crippen LogP contribution in [0.4, 0.5) is 4.39 Å². The molecule has 2 aromatic carbocycles. The van der Waals surface area contributed by atoms with Crippen LogP contribution in [0, 0.1) is 12.7 Å². The Morgan fingerprint density at radius 1 is 1.16 bits per heavy atom. The summed E-state index contributed by atoms with van der Waals surface area (Å²) in [5, 5.41) is 7.54. The van der Waals surface area contributed by atoms with Crippen molar-refractivity contribution < 1.29 is 13.9 Å². The number of halogens is 1. The minimum Gasteiger partial charge on any atom is -0.496 e. The van der Waals surface area contributed by atoms with E-state index in [0.717, 1.165) is 14.9 Å². The number of nitrogens with zero attached hydrogens (tertiary/aromatic N) is 4. The van der Waals surface area contributed by atoms with Gasteiger partial charge in [0.15, 0.2) is 11.6 Å². The Morgan fingerprint density at radius 3 is 2.60 bits per heavy atom. The molecule has 0 atom stereocenters. The molecule has 0 saturated carbocycles. The van der Waals surface area contributed by atoms with E-state index in [2.05, 4.69) is 10.4 Å². The first-order chi connectivity index (χ1) is 12.0. The number of benzene rings is 2. The van der Waals surface area contributed by atoms with Crippen LogP contribution in [0.3, 0.4) is 0 Å². The normalized spacial score (nSPS) is 10.7. The van der Waals surface area contributed by atoms with Gasteiger partial charge in [0.1, 0.15) is 12.4 Å². The van der Waals surface area contributed by atoms with Gasteiger partial charge in [-0.25, -0.2) is 9.18 Å². The predicted molar refractivity (Wildman–Crippen MR) is 88.6 cm³/mol. The van der Waals surface area contributed by atoms with Gasteiger partial charge in [0.2, 0.25) is 0 Å². The van der Waals surface area contributed by atoms with Crippen molar-refractivity contribution in [3.63, 3.8) is 0 Å². The maximum Gasteiger partial charge on any atom is 0.368 e. The molecule has 0 spiro atoms. The second-order valence-electron chi connectivity index (χ2n) is 5.48. The molecule has 0 amide bonds. The van der Waals surface area contributed by atoms with Crippen molar-refractivity contribution in [2.24, 2.45) is 7.05 Å². The monoisotopic (exact) mass is 344 g/mol. The number of tetrazole rings is 1. The van der Waals surface area contributed by atoms with Gasteiger partial charge in [-0.2, -0.15) is 9.36 Å². The van der Waals surface area contributed by atoms with Crippen LogP contribution in [0.15, 0.2) is 41.2 Å². The van der Waals surface area contributed by atoms with E-state index in [-0.39, 0.29) is 12.4 Å². The Bertz CT molecular complexity index is 965. The largest absolute Gasteiger partial charge is 0.496 e. The zero-order valence-electron chi connectivity index (χ0n) is 14.1. The summed E-state index contributed by atoms with van der Waals surface area (Å²) < 4.78 is 27.2. The van der Waals surface area contributed by atoms with Gasteiger partial charge < -0.3 is 9.47 Å². The highest BCUT2D eigenvalue weighted by Crippen LogP contribution is 2.27. The summed E-state index contributed by atoms with van der Waals surface area (Å²) in [5.74, 6) is 0.171. The van der Waals surface area contributed by atoms with Crippen molar-refractivity contribution in [3.8, 4) is 17.2 Å². The molecular formula is C17H17FN4O3. The maximum absolute atomic E-state index is 14.0. The van der Waals surface area contributed by atoms with Gasteiger partial charge in [-0.15, -0.1) is 0 Å². The fourth-order valence-corrected chi connectivity index (χ4v) is 2.43. The van der Waals surface area contributed by atoms with Gasteiger partial charge in [0.25, 0.3) is 0 Å². The quantitative estimate of drug-likeness (QED) is 0.708. The third-order valence-corrected chi connectivity index (χ3v) is 3.74. The molecule has 130 valence electrons. The van der Waals surface area contributed by atoms with Crippen molar-refractivity contribution in [3.05, 3.63) is 63.8 Å². The second kappa shape index (κ2) is 6.76. The molecule has 8 heteroatoms. The van der Waals surface area contributed by atoms with Crippen molar-refractivity contribution in [1.82, 2.24) is 19.8 Å². The summed E-state index contributed by atoms with van der Waals surface area (Å²) in [6.45, 7) is 1.80. The highest BCUT2D eigenvalue weighted by atomic mass is 19.1. The molecule has 0 fully saturated rings. The van der Waals surface area contributed by atoms with Crippen molar-refractivity contribution >= 4 is 0 Å². The number of rotatable bonds is 5. The minimum absolute atomic E-state index is 0.00232. The lowest BCUT2D eigenvalue weighted by atomic mass is 10.1. The van der Waals surface area contributed by atoms with Crippen LogP contribution in [0.1, 0.15) is 11.1 Å². The number of hydrogen-bond acceptors (Lipinski definition) is 5. The lowest BCUT2D eigenvalue weighted by molar-refractivity contribution is 0.282.